The number of carbonyl (C=O) groups excluding carboxylic acids is 1. The zero-order valence-corrected chi connectivity index (χ0v) is 16.2. The van der Waals surface area contributed by atoms with E-state index in [0.717, 1.165) is 35.6 Å². The van der Waals surface area contributed by atoms with Gasteiger partial charge in [-0.05, 0) is 17.2 Å². The number of halogens is 1. The van der Waals surface area contributed by atoms with E-state index in [-0.39, 0.29) is 18.3 Å². The van der Waals surface area contributed by atoms with Crippen LogP contribution in [0.2, 0.25) is 0 Å². The lowest BCUT2D eigenvalue weighted by molar-refractivity contribution is 0.0747. The van der Waals surface area contributed by atoms with Crippen LogP contribution < -0.4 is 10.6 Å². The Morgan fingerprint density at radius 3 is 2.21 bits per heavy atom. The number of piperazine rings is 1. The number of nitrogens with two attached hydrogens (primary N) is 1. The number of anilines is 2. The minimum Gasteiger partial charge on any atom is -0.382 e. The minimum absolute atomic E-state index is 0. The van der Waals surface area contributed by atoms with Crippen molar-refractivity contribution in [3.05, 3.63) is 72.6 Å². The molecule has 3 aromatic rings. The number of rotatable bonds is 3. The molecular formula is C21H22ClN5O. The standard InChI is InChI=1S/C21H21N5O.ClH/c22-19-14-24-20(15-23-19)25-10-12-26(13-11-25)21(27)18-9-5-4-8-17(18)16-6-2-1-3-7-16;/h1-9,14-15H,10-13H2,(H2,22,23);1H. The van der Waals surface area contributed by atoms with Crippen molar-refractivity contribution < 1.29 is 4.79 Å². The summed E-state index contributed by atoms with van der Waals surface area (Å²) in [5.41, 5.74) is 8.36. The van der Waals surface area contributed by atoms with Crippen molar-refractivity contribution in [1.29, 1.82) is 0 Å². The third kappa shape index (κ3) is 4.07. The van der Waals surface area contributed by atoms with Gasteiger partial charge in [0.1, 0.15) is 11.6 Å². The second-order valence-electron chi connectivity index (χ2n) is 6.49. The highest BCUT2D eigenvalue weighted by molar-refractivity contribution is 6.01. The maximum atomic E-state index is 13.1. The fourth-order valence-electron chi connectivity index (χ4n) is 3.34. The molecule has 6 nitrogen and oxygen atoms in total. The van der Waals surface area contributed by atoms with E-state index in [1.54, 1.807) is 12.4 Å². The molecule has 0 atom stereocenters. The topological polar surface area (TPSA) is 75.3 Å². The molecular weight excluding hydrogens is 374 g/mol. The molecule has 1 aliphatic rings. The van der Waals surface area contributed by atoms with Crippen molar-refractivity contribution in [3.8, 4) is 11.1 Å². The molecule has 1 fully saturated rings. The quantitative estimate of drug-likeness (QED) is 0.737. The Hall–Kier alpha value is -3.12. The van der Waals surface area contributed by atoms with Crippen molar-refractivity contribution >= 4 is 29.9 Å². The van der Waals surface area contributed by atoms with E-state index < -0.39 is 0 Å². The highest BCUT2D eigenvalue weighted by Crippen LogP contribution is 2.25. The first kappa shape index (κ1) is 19.6. The summed E-state index contributed by atoms with van der Waals surface area (Å²) in [6, 6.07) is 17.8. The Bertz CT molecular complexity index is 925. The summed E-state index contributed by atoms with van der Waals surface area (Å²) >= 11 is 0. The van der Waals surface area contributed by atoms with Gasteiger partial charge in [0.2, 0.25) is 0 Å². The fourth-order valence-corrected chi connectivity index (χ4v) is 3.34. The second kappa shape index (κ2) is 8.71. The average molecular weight is 396 g/mol. The number of nitrogens with zero attached hydrogens (tertiary/aromatic N) is 4. The summed E-state index contributed by atoms with van der Waals surface area (Å²) in [6.07, 6.45) is 3.24. The molecule has 7 heteroatoms. The predicted octanol–water partition coefficient (Wildman–Crippen LogP) is 3.11. The fraction of sp³-hybridized carbons (Fsp3) is 0.190. The third-order valence-electron chi connectivity index (χ3n) is 4.79. The molecule has 1 amide bonds. The molecule has 2 aromatic carbocycles. The van der Waals surface area contributed by atoms with E-state index in [9.17, 15) is 4.79 Å². The van der Waals surface area contributed by atoms with E-state index in [4.69, 9.17) is 5.73 Å². The number of amides is 1. The van der Waals surface area contributed by atoms with Gasteiger partial charge in [-0.15, -0.1) is 12.4 Å². The number of hydrogen-bond acceptors (Lipinski definition) is 5. The van der Waals surface area contributed by atoms with Crippen LogP contribution >= 0.6 is 12.4 Å². The van der Waals surface area contributed by atoms with Crippen LogP contribution in [-0.2, 0) is 0 Å². The van der Waals surface area contributed by atoms with E-state index in [0.29, 0.717) is 18.9 Å². The maximum Gasteiger partial charge on any atom is 0.254 e. The molecule has 2 N–H and O–H groups in total. The number of hydrogen-bond donors (Lipinski definition) is 1. The molecule has 1 aliphatic heterocycles. The van der Waals surface area contributed by atoms with Crippen LogP contribution in [0.25, 0.3) is 11.1 Å². The molecule has 144 valence electrons. The Labute approximate surface area is 170 Å². The van der Waals surface area contributed by atoms with Crippen molar-refractivity contribution in [2.45, 2.75) is 0 Å². The molecule has 0 radical (unpaired) electrons. The lowest BCUT2D eigenvalue weighted by Gasteiger charge is -2.35. The van der Waals surface area contributed by atoms with Crippen LogP contribution in [0.1, 0.15) is 10.4 Å². The van der Waals surface area contributed by atoms with Crippen LogP contribution in [0.3, 0.4) is 0 Å². The van der Waals surface area contributed by atoms with Gasteiger partial charge in [-0.2, -0.15) is 0 Å². The molecule has 0 unspecified atom stereocenters. The molecule has 1 saturated heterocycles. The average Bonchev–Trinajstić information content (AvgIpc) is 2.74. The van der Waals surface area contributed by atoms with Gasteiger partial charge in [-0.1, -0.05) is 48.5 Å². The van der Waals surface area contributed by atoms with Crippen LogP contribution in [0.4, 0.5) is 11.6 Å². The van der Waals surface area contributed by atoms with E-state index in [2.05, 4.69) is 14.9 Å². The molecule has 0 saturated carbocycles. The van der Waals surface area contributed by atoms with Gasteiger partial charge in [0.05, 0.1) is 12.4 Å². The van der Waals surface area contributed by atoms with E-state index in [1.807, 2.05) is 59.5 Å². The Balaban J connectivity index is 0.00000225. The lowest BCUT2D eigenvalue weighted by atomic mass is 9.98. The maximum absolute atomic E-state index is 13.1. The van der Waals surface area contributed by atoms with Gasteiger partial charge in [-0.25, -0.2) is 9.97 Å². The first-order valence-electron chi connectivity index (χ1n) is 8.98. The summed E-state index contributed by atoms with van der Waals surface area (Å²) < 4.78 is 0. The van der Waals surface area contributed by atoms with E-state index in [1.165, 1.54) is 0 Å². The zero-order chi connectivity index (χ0) is 18.6. The van der Waals surface area contributed by atoms with Crippen LogP contribution in [0.15, 0.2) is 67.0 Å². The summed E-state index contributed by atoms with van der Waals surface area (Å²) in [7, 11) is 0. The SMILES string of the molecule is Cl.Nc1cnc(N2CCN(C(=O)c3ccccc3-c3ccccc3)CC2)cn1. The van der Waals surface area contributed by atoms with Gasteiger partial charge >= 0.3 is 0 Å². The summed E-state index contributed by atoms with van der Waals surface area (Å²) in [5, 5.41) is 0. The first-order chi connectivity index (χ1) is 13.2. The number of nitrogen functional groups attached to an aromatic ring is 1. The van der Waals surface area contributed by atoms with Crippen molar-refractivity contribution in [2.24, 2.45) is 0 Å². The summed E-state index contributed by atoms with van der Waals surface area (Å²) in [6.45, 7) is 2.73. The molecule has 0 spiro atoms. The second-order valence-corrected chi connectivity index (χ2v) is 6.49. The van der Waals surface area contributed by atoms with Gasteiger partial charge < -0.3 is 15.5 Å². The van der Waals surface area contributed by atoms with E-state index >= 15 is 0 Å². The smallest absolute Gasteiger partial charge is 0.254 e. The summed E-state index contributed by atoms with van der Waals surface area (Å²) in [5.74, 6) is 1.27. The van der Waals surface area contributed by atoms with Gasteiger partial charge in [0, 0.05) is 31.7 Å². The largest absolute Gasteiger partial charge is 0.382 e. The normalized spacial score (nSPS) is 13.7. The van der Waals surface area contributed by atoms with Crippen molar-refractivity contribution in [2.75, 3.05) is 36.8 Å². The highest BCUT2D eigenvalue weighted by atomic mass is 35.5. The first-order valence-corrected chi connectivity index (χ1v) is 8.98. The number of carbonyl (C=O) groups is 1. The number of aromatic nitrogens is 2. The molecule has 0 aliphatic carbocycles. The van der Waals surface area contributed by atoms with Crippen LogP contribution in [-0.4, -0.2) is 47.0 Å². The summed E-state index contributed by atoms with van der Waals surface area (Å²) in [4.78, 5) is 25.6. The van der Waals surface area contributed by atoms with Gasteiger partial charge in [0.25, 0.3) is 5.91 Å². The Morgan fingerprint density at radius 2 is 1.54 bits per heavy atom. The number of benzene rings is 2. The Morgan fingerprint density at radius 1 is 0.857 bits per heavy atom. The van der Waals surface area contributed by atoms with Crippen LogP contribution in [0.5, 0.6) is 0 Å². The van der Waals surface area contributed by atoms with Crippen molar-refractivity contribution in [3.63, 3.8) is 0 Å². The van der Waals surface area contributed by atoms with Crippen molar-refractivity contribution in [1.82, 2.24) is 14.9 Å². The molecule has 1 aromatic heterocycles. The monoisotopic (exact) mass is 395 g/mol. The molecule has 4 rings (SSSR count). The van der Waals surface area contributed by atoms with Gasteiger partial charge in [0.15, 0.2) is 0 Å². The predicted molar refractivity (Wildman–Crippen MR) is 114 cm³/mol. The molecule has 28 heavy (non-hydrogen) atoms. The zero-order valence-electron chi connectivity index (χ0n) is 15.4. The van der Waals surface area contributed by atoms with Gasteiger partial charge in [-0.3, -0.25) is 4.79 Å². The molecule has 0 bridgehead atoms. The van der Waals surface area contributed by atoms with Crippen LogP contribution in [0, 0.1) is 0 Å². The Kier molecular flexibility index (Phi) is 6.11. The third-order valence-corrected chi connectivity index (χ3v) is 4.79. The molecule has 2 heterocycles. The highest BCUT2D eigenvalue weighted by Gasteiger charge is 2.24. The lowest BCUT2D eigenvalue weighted by Crippen LogP contribution is -2.49. The minimum atomic E-state index is 0.